The van der Waals surface area contributed by atoms with E-state index in [0.29, 0.717) is 4.43 Å². The molecule has 0 amide bonds. The van der Waals surface area contributed by atoms with Crippen molar-refractivity contribution in [1.29, 1.82) is 0 Å². The molecule has 0 radical (unpaired) electrons. The van der Waals surface area contributed by atoms with Gasteiger partial charge < -0.3 is 10.5 Å². The van der Waals surface area contributed by atoms with E-state index in [2.05, 4.69) is 4.74 Å². The van der Waals surface area contributed by atoms with Crippen LogP contribution >= 0.6 is 22.6 Å². The number of alkyl halides is 1. The lowest BCUT2D eigenvalue weighted by Gasteiger charge is -2.02. The third-order valence-electron chi connectivity index (χ3n) is 0.670. The molecule has 1 atom stereocenters. The molecule has 0 aliphatic rings. The Kier molecular flexibility index (Phi) is 4.16. The molecule has 4 heteroatoms. The molecule has 0 saturated heterocycles. The molecule has 0 unspecified atom stereocenters. The van der Waals surface area contributed by atoms with Crippen LogP contribution in [-0.2, 0) is 9.53 Å². The molecule has 0 rings (SSSR count). The van der Waals surface area contributed by atoms with Crippen molar-refractivity contribution in [2.24, 2.45) is 5.73 Å². The van der Waals surface area contributed by atoms with Crippen LogP contribution in [0.5, 0.6) is 0 Å². The van der Waals surface area contributed by atoms with Crippen LogP contribution in [0.25, 0.3) is 0 Å². The highest BCUT2D eigenvalue weighted by Crippen LogP contribution is 1.88. The second-order valence-corrected chi connectivity index (χ2v) is 2.16. The van der Waals surface area contributed by atoms with Crippen molar-refractivity contribution in [3.63, 3.8) is 0 Å². The maximum absolute atomic E-state index is 10.4. The first kappa shape index (κ1) is 8.16. The lowest BCUT2D eigenvalue weighted by molar-refractivity contribution is -0.141. The molecule has 0 aliphatic carbocycles. The van der Waals surface area contributed by atoms with Gasteiger partial charge in [0.25, 0.3) is 0 Å². The fourth-order valence-electron chi connectivity index (χ4n) is 0.214. The second-order valence-electron chi connectivity index (χ2n) is 1.28. The highest BCUT2D eigenvalue weighted by Gasteiger charge is 2.09. The quantitative estimate of drug-likeness (QED) is 0.409. The first-order chi connectivity index (χ1) is 3.72. The monoisotopic (exact) mass is 229 g/mol. The highest BCUT2D eigenvalue weighted by molar-refractivity contribution is 14.1. The van der Waals surface area contributed by atoms with Crippen LogP contribution in [0.3, 0.4) is 0 Å². The molecule has 0 fully saturated rings. The van der Waals surface area contributed by atoms with Gasteiger partial charge in [-0.3, -0.25) is 4.79 Å². The Balaban J connectivity index is 3.46. The zero-order chi connectivity index (χ0) is 6.57. The lowest BCUT2D eigenvalue weighted by atomic mass is 10.4. The molecule has 0 saturated carbocycles. The third-order valence-corrected chi connectivity index (χ3v) is 1.62. The van der Waals surface area contributed by atoms with E-state index < -0.39 is 6.04 Å². The van der Waals surface area contributed by atoms with E-state index >= 15 is 0 Å². The number of carbonyl (C=O) groups is 1. The summed E-state index contributed by atoms with van der Waals surface area (Å²) in [5, 5.41) is 0. The van der Waals surface area contributed by atoms with E-state index in [9.17, 15) is 4.79 Å². The zero-order valence-electron chi connectivity index (χ0n) is 4.56. The van der Waals surface area contributed by atoms with Crippen molar-refractivity contribution in [3.8, 4) is 0 Å². The van der Waals surface area contributed by atoms with Crippen LogP contribution in [0.15, 0.2) is 0 Å². The molecular formula is C4H8INO2. The number of hydrogen-bond acceptors (Lipinski definition) is 3. The van der Waals surface area contributed by atoms with E-state index in [1.807, 2.05) is 22.6 Å². The summed E-state index contributed by atoms with van der Waals surface area (Å²) in [6, 6.07) is -0.458. The van der Waals surface area contributed by atoms with Crippen molar-refractivity contribution in [1.82, 2.24) is 0 Å². The van der Waals surface area contributed by atoms with Gasteiger partial charge in [0.15, 0.2) is 0 Å². The number of methoxy groups -OCH3 is 1. The fourth-order valence-corrected chi connectivity index (χ4v) is 0.574. The number of esters is 1. The minimum atomic E-state index is -0.458. The topological polar surface area (TPSA) is 52.3 Å². The molecule has 8 heavy (non-hydrogen) atoms. The molecule has 0 bridgehead atoms. The zero-order valence-corrected chi connectivity index (χ0v) is 6.71. The Morgan fingerprint density at radius 2 is 2.50 bits per heavy atom. The summed E-state index contributed by atoms with van der Waals surface area (Å²) in [4.78, 5) is 10.4. The van der Waals surface area contributed by atoms with E-state index in [1.54, 1.807) is 0 Å². The average Bonchev–Trinajstić information content (AvgIpc) is 1.84. The van der Waals surface area contributed by atoms with Crippen LogP contribution < -0.4 is 5.73 Å². The van der Waals surface area contributed by atoms with Gasteiger partial charge in [-0.25, -0.2) is 0 Å². The maximum atomic E-state index is 10.4. The Morgan fingerprint density at radius 1 is 2.00 bits per heavy atom. The molecule has 0 aliphatic heterocycles. The number of ether oxygens (including phenoxy) is 1. The predicted octanol–water partition coefficient (Wildman–Crippen LogP) is -0.0783. The number of hydrogen-bond donors (Lipinski definition) is 1. The smallest absolute Gasteiger partial charge is 0.323 e. The van der Waals surface area contributed by atoms with Gasteiger partial charge in [-0.1, -0.05) is 22.6 Å². The molecule has 2 N–H and O–H groups in total. The Bertz CT molecular complexity index is 86.1. The molecule has 0 aromatic carbocycles. The summed E-state index contributed by atoms with van der Waals surface area (Å²) in [6.45, 7) is 0. The molecule has 0 heterocycles. The van der Waals surface area contributed by atoms with E-state index in [-0.39, 0.29) is 5.97 Å². The van der Waals surface area contributed by atoms with Crippen LogP contribution in [0.4, 0.5) is 0 Å². The molecule has 0 aromatic rings. The van der Waals surface area contributed by atoms with Gasteiger partial charge in [0, 0.05) is 4.43 Å². The Morgan fingerprint density at radius 3 is 2.62 bits per heavy atom. The minimum absolute atomic E-state index is 0.348. The summed E-state index contributed by atoms with van der Waals surface area (Å²) in [5.74, 6) is -0.348. The van der Waals surface area contributed by atoms with Crippen molar-refractivity contribution in [3.05, 3.63) is 0 Å². The third kappa shape index (κ3) is 2.46. The lowest BCUT2D eigenvalue weighted by Crippen LogP contribution is -2.32. The van der Waals surface area contributed by atoms with Gasteiger partial charge in [0.05, 0.1) is 7.11 Å². The minimum Gasteiger partial charge on any atom is -0.468 e. The summed E-state index contributed by atoms with van der Waals surface area (Å²) in [7, 11) is 1.33. The first-order valence-electron chi connectivity index (χ1n) is 2.11. The summed E-state index contributed by atoms with van der Waals surface area (Å²) in [5.41, 5.74) is 5.24. The molecule has 48 valence electrons. The maximum Gasteiger partial charge on any atom is 0.323 e. The van der Waals surface area contributed by atoms with Gasteiger partial charge in [-0.2, -0.15) is 0 Å². The predicted molar refractivity (Wildman–Crippen MR) is 38.9 cm³/mol. The van der Waals surface area contributed by atoms with Crippen LogP contribution in [-0.4, -0.2) is 23.5 Å². The highest BCUT2D eigenvalue weighted by atomic mass is 127. The van der Waals surface area contributed by atoms with Gasteiger partial charge >= 0.3 is 5.97 Å². The molecule has 0 aromatic heterocycles. The average molecular weight is 229 g/mol. The van der Waals surface area contributed by atoms with Crippen molar-refractivity contribution in [2.45, 2.75) is 6.04 Å². The van der Waals surface area contributed by atoms with Crippen LogP contribution in [0.1, 0.15) is 0 Å². The largest absolute Gasteiger partial charge is 0.468 e. The Hall–Kier alpha value is 0.160. The van der Waals surface area contributed by atoms with Crippen molar-refractivity contribution in [2.75, 3.05) is 11.5 Å². The summed E-state index contributed by atoms with van der Waals surface area (Å²) in [6.07, 6.45) is 0. The number of nitrogens with two attached hydrogens (primary N) is 1. The standard InChI is InChI=1S/C4H8INO2/c1-8-4(7)3(6)2-5/h3H,2,6H2,1H3/t3-/m0/s1. The van der Waals surface area contributed by atoms with E-state index in [4.69, 9.17) is 5.73 Å². The first-order valence-corrected chi connectivity index (χ1v) is 3.64. The normalized spacial score (nSPS) is 12.9. The van der Waals surface area contributed by atoms with Gasteiger partial charge in [0.2, 0.25) is 0 Å². The number of rotatable bonds is 2. The van der Waals surface area contributed by atoms with Gasteiger partial charge in [-0.15, -0.1) is 0 Å². The van der Waals surface area contributed by atoms with Gasteiger partial charge in [0.1, 0.15) is 6.04 Å². The molecular weight excluding hydrogens is 221 g/mol. The molecule has 0 spiro atoms. The van der Waals surface area contributed by atoms with Gasteiger partial charge in [-0.05, 0) is 0 Å². The van der Waals surface area contributed by atoms with Crippen molar-refractivity contribution < 1.29 is 9.53 Å². The van der Waals surface area contributed by atoms with Crippen LogP contribution in [0, 0.1) is 0 Å². The van der Waals surface area contributed by atoms with E-state index in [1.165, 1.54) is 7.11 Å². The summed E-state index contributed by atoms with van der Waals surface area (Å²) >= 11 is 2.03. The van der Waals surface area contributed by atoms with Crippen LogP contribution in [0.2, 0.25) is 0 Å². The molecule has 3 nitrogen and oxygen atoms in total. The summed E-state index contributed by atoms with van der Waals surface area (Å²) < 4.78 is 4.94. The SMILES string of the molecule is COC(=O)[C@@H](N)CI. The number of carbonyl (C=O) groups excluding carboxylic acids is 1. The van der Waals surface area contributed by atoms with E-state index in [0.717, 1.165) is 0 Å². The fraction of sp³-hybridized carbons (Fsp3) is 0.750. The Labute approximate surface area is 61.7 Å². The van der Waals surface area contributed by atoms with Crippen molar-refractivity contribution >= 4 is 28.6 Å². The second kappa shape index (κ2) is 4.08. The number of halogens is 1.